The molecule has 1 fully saturated rings. The van der Waals surface area contributed by atoms with E-state index in [9.17, 15) is 18.0 Å². The van der Waals surface area contributed by atoms with Crippen molar-refractivity contribution in [2.75, 3.05) is 18.6 Å². The molecule has 0 aromatic heterocycles. The fourth-order valence-corrected chi connectivity index (χ4v) is 3.75. The van der Waals surface area contributed by atoms with Crippen LogP contribution in [-0.4, -0.2) is 45.0 Å². The lowest BCUT2D eigenvalue weighted by Crippen LogP contribution is -2.51. The molecule has 0 aliphatic carbocycles. The van der Waals surface area contributed by atoms with Gasteiger partial charge in [-0.15, -0.1) is 0 Å². The van der Waals surface area contributed by atoms with E-state index in [2.05, 4.69) is 10.1 Å². The summed E-state index contributed by atoms with van der Waals surface area (Å²) in [6.45, 7) is 5.42. The zero-order valence-electron chi connectivity index (χ0n) is 11.7. The Balaban J connectivity index is 2.76. The van der Waals surface area contributed by atoms with Crippen LogP contribution in [0.5, 0.6) is 0 Å². The van der Waals surface area contributed by atoms with Crippen LogP contribution in [0.4, 0.5) is 0 Å². The number of rotatable bonds is 3. The highest BCUT2D eigenvalue weighted by molar-refractivity contribution is 7.91. The number of carbonyl (C=O) groups excluding carboxylic acids is 2. The molecule has 1 N–H and O–H groups in total. The quantitative estimate of drug-likeness (QED) is 0.746. The van der Waals surface area contributed by atoms with E-state index in [0.29, 0.717) is 6.42 Å². The van der Waals surface area contributed by atoms with E-state index in [4.69, 9.17) is 0 Å². The molecule has 0 aromatic rings. The van der Waals surface area contributed by atoms with Crippen LogP contribution in [0.3, 0.4) is 0 Å². The fourth-order valence-electron chi connectivity index (χ4n) is 2.01. The molecule has 0 unspecified atom stereocenters. The van der Waals surface area contributed by atoms with E-state index in [0.717, 1.165) is 0 Å². The van der Waals surface area contributed by atoms with Crippen LogP contribution in [0.15, 0.2) is 0 Å². The third kappa shape index (κ3) is 4.19. The Kier molecular flexibility index (Phi) is 4.60. The van der Waals surface area contributed by atoms with E-state index < -0.39 is 39.1 Å². The minimum Gasteiger partial charge on any atom is -0.467 e. The first-order valence-electron chi connectivity index (χ1n) is 6.15. The lowest BCUT2D eigenvalue weighted by molar-refractivity contribution is -0.148. The monoisotopic (exact) mass is 291 g/mol. The summed E-state index contributed by atoms with van der Waals surface area (Å²) in [7, 11) is -1.86. The van der Waals surface area contributed by atoms with Crippen molar-refractivity contribution >= 4 is 21.7 Å². The van der Waals surface area contributed by atoms with Gasteiger partial charge in [0.25, 0.3) is 0 Å². The minimum atomic E-state index is -3.11. The molecule has 0 radical (unpaired) electrons. The second kappa shape index (κ2) is 5.48. The molecule has 7 heteroatoms. The van der Waals surface area contributed by atoms with Crippen LogP contribution >= 0.6 is 0 Å². The number of hydrogen-bond donors (Lipinski definition) is 1. The standard InChI is InChI=1S/C12H21NO5S/c1-12(2,3)9(11(15)18-4)13-10(14)8-5-6-19(16,17)7-8/h8-9H,5-7H2,1-4H3,(H,13,14)/t8-,9+/m0/s1. The average molecular weight is 291 g/mol. The van der Waals surface area contributed by atoms with Crippen molar-refractivity contribution in [3.63, 3.8) is 0 Å². The highest BCUT2D eigenvalue weighted by Gasteiger charge is 2.38. The first-order valence-corrected chi connectivity index (χ1v) is 7.97. The summed E-state index contributed by atoms with van der Waals surface area (Å²) >= 11 is 0. The van der Waals surface area contributed by atoms with Crippen molar-refractivity contribution in [3.8, 4) is 0 Å². The summed E-state index contributed by atoms with van der Waals surface area (Å²) < 4.78 is 27.4. The molecule has 110 valence electrons. The van der Waals surface area contributed by atoms with Crippen molar-refractivity contribution in [1.82, 2.24) is 5.32 Å². The predicted octanol–water partition coefficient (Wildman–Crippen LogP) is 0.125. The molecule has 19 heavy (non-hydrogen) atoms. The van der Waals surface area contributed by atoms with Crippen LogP contribution < -0.4 is 5.32 Å². The first-order chi connectivity index (χ1) is 8.57. The van der Waals surface area contributed by atoms with E-state index in [-0.39, 0.29) is 11.5 Å². The molecule has 1 amide bonds. The Labute approximate surface area is 113 Å². The summed E-state index contributed by atoms with van der Waals surface area (Å²) in [5.74, 6) is -1.60. The summed E-state index contributed by atoms with van der Waals surface area (Å²) in [5.41, 5.74) is -0.500. The number of amides is 1. The lowest BCUT2D eigenvalue weighted by Gasteiger charge is -2.29. The SMILES string of the molecule is COC(=O)[C@@H](NC(=O)[C@H]1CCS(=O)(=O)C1)C(C)(C)C. The predicted molar refractivity (Wildman–Crippen MR) is 70.2 cm³/mol. The van der Waals surface area contributed by atoms with Crippen LogP contribution in [0, 0.1) is 11.3 Å². The Morgan fingerprint density at radius 2 is 1.89 bits per heavy atom. The van der Waals surface area contributed by atoms with Gasteiger partial charge in [-0.1, -0.05) is 20.8 Å². The number of esters is 1. The third-order valence-corrected chi connectivity index (χ3v) is 4.96. The molecule has 0 aromatic carbocycles. The number of ether oxygens (including phenoxy) is 1. The second-order valence-corrected chi connectivity index (χ2v) is 8.16. The minimum absolute atomic E-state index is 0.0312. The molecule has 1 saturated heterocycles. The molecule has 2 atom stereocenters. The molecule has 1 rings (SSSR count). The maximum atomic E-state index is 12.0. The van der Waals surface area contributed by atoms with Crippen molar-refractivity contribution < 1.29 is 22.7 Å². The maximum Gasteiger partial charge on any atom is 0.328 e. The first kappa shape index (κ1) is 15.9. The summed E-state index contributed by atoms with van der Waals surface area (Å²) in [4.78, 5) is 23.7. The van der Waals surface area contributed by atoms with Crippen molar-refractivity contribution in [2.45, 2.75) is 33.2 Å². The molecular weight excluding hydrogens is 270 g/mol. The van der Waals surface area contributed by atoms with E-state index in [1.165, 1.54) is 7.11 Å². The van der Waals surface area contributed by atoms with Gasteiger partial charge in [0.15, 0.2) is 9.84 Å². The molecule has 0 bridgehead atoms. The summed E-state index contributed by atoms with van der Waals surface area (Å²) in [5, 5.41) is 2.61. The number of hydrogen-bond acceptors (Lipinski definition) is 5. The number of methoxy groups -OCH3 is 1. The largest absolute Gasteiger partial charge is 0.467 e. The van der Waals surface area contributed by atoms with Crippen molar-refractivity contribution in [1.29, 1.82) is 0 Å². The highest BCUT2D eigenvalue weighted by atomic mass is 32.2. The number of sulfone groups is 1. The topological polar surface area (TPSA) is 89.5 Å². The van der Waals surface area contributed by atoms with E-state index >= 15 is 0 Å². The van der Waals surface area contributed by atoms with Crippen LogP contribution in [-0.2, 0) is 24.2 Å². The van der Waals surface area contributed by atoms with Crippen LogP contribution in [0.2, 0.25) is 0 Å². The zero-order valence-corrected chi connectivity index (χ0v) is 12.5. The van der Waals surface area contributed by atoms with Crippen molar-refractivity contribution in [3.05, 3.63) is 0 Å². The van der Waals surface area contributed by atoms with Gasteiger partial charge in [-0.05, 0) is 11.8 Å². The normalized spacial score (nSPS) is 23.7. The maximum absolute atomic E-state index is 12.0. The van der Waals surface area contributed by atoms with Gasteiger partial charge in [0.1, 0.15) is 6.04 Å². The molecule has 1 aliphatic rings. The fraction of sp³-hybridized carbons (Fsp3) is 0.833. The molecule has 0 spiro atoms. The summed E-state index contributed by atoms with van der Waals surface area (Å²) in [6.07, 6.45) is 0.312. The highest BCUT2D eigenvalue weighted by Crippen LogP contribution is 2.23. The number of nitrogens with one attached hydrogen (secondary N) is 1. The van der Waals surface area contributed by atoms with E-state index in [1.807, 2.05) is 0 Å². The molecule has 1 heterocycles. The van der Waals surface area contributed by atoms with Gasteiger partial charge in [0, 0.05) is 0 Å². The van der Waals surface area contributed by atoms with Crippen LogP contribution in [0.1, 0.15) is 27.2 Å². The summed E-state index contributed by atoms with van der Waals surface area (Å²) in [6, 6.07) is -0.784. The van der Waals surface area contributed by atoms with Gasteiger partial charge in [0.2, 0.25) is 5.91 Å². The molecule has 6 nitrogen and oxygen atoms in total. The smallest absolute Gasteiger partial charge is 0.328 e. The van der Waals surface area contributed by atoms with Gasteiger partial charge >= 0.3 is 5.97 Å². The Hall–Kier alpha value is -1.11. The van der Waals surface area contributed by atoms with Gasteiger partial charge in [0.05, 0.1) is 24.5 Å². The third-order valence-electron chi connectivity index (χ3n) is 3.19. The lowest BCUT2D eigenvalue weighted by atomic mass is 9.86. The Morgan fingerprint density at radius 1 is 1.32 bits per heavy atom. The molecular formula is C12H21NO5S. The van der Waals surface area contributed by atoms with Gasteiger partial charge in [-0.25, -0.2) is 13.2 Å². The number of carbonyl (C=O) groups is 2. The molecule has 1 aliphatic heterocycles. The van der Waals surface area contributed by atoms with Gasteiger partial charge < -0.3 is 10.1 Å². The second-order valence-electron chi connectivity index (χ2n) is 5.93. The average Bonchev–Trinajstić information content (AvgIpc) is 2.63. The Morgan fingerprint density at radius 3 is 2.26 bits per heavy atom. The Bertz CT molecular complexity index is 463. The van der Waals surface area contributed by atoms with E-state index in [1.54, 1.807) is 20.8 Å². The van der Waals surface area contributed by atoms with Crippen molar-refractivity contribution in [2.24, 2.45) is 11.3 Å². The van der Waals surface area contributed by atoms with Crippen LogP contribution in [0.25, 0.3) is 0 Å². The zero-order chi connectivity index (χ0) is 14.8. The van der Waals surface area contributed by atoms with Gasteiger partial charge in [-0.2, -0.15) is 0 Å². The van der Waals surface area contributed by atoms with Gasteiger partial charge in [-0.3, -0.25) is 4.79 Å². The molecule has 0 saturated carbocycles.